The molecule has 0 bridgehead atoms. The Morgan fingerprint density at radius 3 is 2.71 bits per heavy atom. The fourth-order valence-corrected chi connectivity index (χ4v) is 3.04. The highest BCUT2D eigenvalue weighted by molar-refractivity contribution is 5.89. The molecule has 0 radical (unpaired) electrons. The van der Waals surface area contributed by atoms with Gasteiger partial charge in [0.25, 0.3) is 0 Å². The molecule has 1 aromatic heterocycles. The number of benzene rings is 2. The normalized spacial score (nSPS) is 10.7. The van der Waals surface area contributed by atoms with Crippen molar-refractivity contribution in [2.24, 2.45) is 0 Å². The Kier molecular flexibility index (Phi) is 6.32. The van der Waals surface area contributed by atoms with E-state index in [-0.39, 0.29) is 6.03 Å². The topological polar surface area (TPSA) is 68.2 Å². The molecule has 2 N–H and O–H groups in total. The maximum absolute atomic E-state index is 12.2. The summed E-state index contributed by atoms with van der Waals surface area (Å²) in [6.45, 7) is 5.40. The van der Waals surface area contributed by atoms with Gasteiger partial charge in [0.05, 0.1) is 7.11 Å². The van der Waals surface area contributed by atoms with E-state index in [1.54, 1.807) is 7.11 Å². The fourth-order valence-electron chi connectivity index (χ4n) is 3.04. The molecule has 2 amide bonds. The van der Waals surface area contributed by atoms with Crippen molar-refractivity contribution in [3.8, 4) is 5.75 Å². The van der Waals surface area contributed by atoms with Gasteiger partial charge in [0.1, 0.15) is 11.6 Å². The number of amides is 2. The van der Waals surface area contributed by atoms with Gasteiger partial charge in [-0.1, -0.05) is 38.1 Å². The van der Waals surface area contributed by atoms with Crippen molar-refractivity contribution in [1.82, 2.24) is 14.9 Å². The minimum absolute atomic E-state index is 0.245. The molecule has 1 heterocycles. The summed E-state index contributed by atoms with van der Waals surface area (Å²) >= 11 is 0. The zero-order valence-electron chi connectivity index (χ0n) is 16.5. The maximum Gasteiger partial charge on any atom is 0.319 e. The van der Waals surface area contributed by atoms with E-state index in [4.69, 9.17) is 4.74 Å². The molecule has 0 fully saturated rings. The first-order valence-corrected chi connectivity index (χ1v) is 9.33. The van der Waals surface area contributed by atoms with Crippen molar-refractivity contribution in [3.63, 3.8) is 0 Å². The van der Waals surface area contributed by atoms with Crippen molar-refractivity contribution in [2.45, 2.75) is 32.9 Å². The number of carbonyl (C=O) groups excluding carboxylic acids is 1. The van der Waals surface area contributed by atoms with E-state index >= 15 is 0 Å². The molecule has 0 saturated heterocycles. The Bertz CT molecular complexity index is 934. The molecule has 0 spiro atoms. The second kappa shape index (κ2) is 9.08. The lowest BCUT2D eigenvalue weighted by Crippen LogP contribution is -2.28. The van der Waals surface area contributed by atoms with Crippen LogP contribution in [0.2, 0.25) is 0 Å². The highest BCUT2D eigenvalue weighted by atomic mass is 16.5. The first-order chi connectivity index (χ1) is 13.5. The summed E-state index contributed by atoms with van der Waals surface area (Å²) in [5.41, 5.74) is 2.84. The molecule has 146 valence electrons. The van der Waals surface area contributed by atoms with Gasteiger partial charge in [-0.3, -0.25) is 0 Å². The number of ether oxygens (including phenoxy) is 1. The number of rotatable bonds is 7. The van der Waals surface area contributed by atoms with Crippen LogP contribution in [0.4, 0.5) is 10.5 Å². The second-order valence-electron chi connectivity index (χ2n) is 6.93. The number of aromatic nitrogens is 2. The summed E-state index contributed by atoms with van der Waals surface area (Å²) in [5, 5.41) is 5.76. The van der Waals surface area contributed by atoms with E-state index in [2.05, 4.69) is 34.0 Å². The van der Waals surface area contributed by atoms with E-state index in [0.717, 1.165) is 28.4 Å². The number of nitrogens with one attached hydrogen (secondary N) is 2. The van der Waals surface area contributed by atoms with Crippen molar-refractivity contribution in [1.29, 1.82) is 0 Å². The van der Waals surface area contributed by atoms with Crippen LogP contribution in [0, 0.1) is 0 Å². The lowest BCUT2D eigenvalue weighted by Gasteiger charge is -2.12. The van der Waals surface area contributed by atoms with Crippen LogP contribution < -0.4 is 15.4 Å². The summed E-state index contributed by atoms with van der Waals surface area (Å²) in [5.74, 6) is 2.18. The highest BCUT2D eigenvalue weighted by Gasteiger charge is 2.08. The number of hydrogen-bond acceptors (Lipinski definition) is 3. The third-order valence-electron chi connectivity index (χ3n) is 4.39. The first-order valence-electron chi connectivity index (χ1n) is 9.33. The van der Waals surface area contributed by atoms with Gasteiger partial charge in [0, 0.05) is 37.1 Å². The van der Waals surface area contributed by atoms with Crippen molar-refractivity contribution in [3.05, 3.63) is 77.9 Å². The molecular weight excluding hydrogens is 352 g/mol. The summed E-state index contributed by atoms with van der Waals surface area (Å²) < 4.78 is 7.33. The number of imidazole rings is 1. The molecule has 2 aromatic carbocycles. The molecule has 0 unspecified atom stereocenters. The molecule has 6 nitrogen and oxygen atoms in total. The van der Waals surface area contributed by atoms with E-state index in [1.807, 2.05) is 60.9 Å². The third-order valence-corrected chi connectivity index (χ3v) is 4.39. The van der Waals surface area contributed by atoms with Crippen LogP contribution in [0.1, 0.15) is 36.7 Å². The molecule has 0 aliphatic rings. The van der Waals surface area contributed by atoms with Crippen LogP contribution in [0.5, 0.6) is 5.75 Å². The number of hydrogen-bond donors (Lipinski definition) is 2. The number of anilines is 1. The van der Waals surface area contributed by atoms with E-state index in [0.29, 0.717) is 19.0 Å². The number of carbonyl (C=O) groups is 1. The van der Waals surface area contributed by atoms with E-state index in [1.165, 1.54) is 0 Å². The van der Waals surface area contributed by atoms with Gasteiger partial charge in [-0.15, -0.1) is 0 Å². The van der Waals surface area contributed by atoms with Crippen molar-refractivity contribution in [2.75, 3.05) is 12.4 Å². The molecule has 0 aliphatic heterocycles. The Labute approximate surface area is 165 Å². The van der Waals surface area contributed by atoms with Crippen LogP contribution in [0.15, 0.2) is 60.9 Å². The van der Waals surface area contributed by atoms with Gasteiger partial charge in [0.2, 0.25) is 0 Å². The number of methoxy groups -OCH3 is 1. The standard InChI is InChI=1S/C22H26N4O2/c1-16(2)21-23-10-11-26(21)15-18-7-4-8-19(12-18)25-22(27)24-14-17-6-5-9-20(13-17)28-3/h4-13,16H,14-15H2,1-3H3,(H2,24,25,27). The molecule has 0 saturated carbocycles. The minimum atomic E-state index is -0.245. The lowest BCUT2D eigenvalue weighted by atomic mass is 10.1. The molecule has 6 heteroatoms. The maximum atomic E-state index is 12.2. The average molecular weight is 378 g/mol. The zero-order chi connectivity index (χ0) is 19.9. The molecule has 3 rings (SSSR count). The zero-order valence-corrected chi connectivity index (χ0v) is 16.5. The predicted molar refractivity (Wildman–Crippen MR) is 111 cm³/mol. The van der Waals surface area contributed by atoms with Crippen LogP contribution >= 0.6 is 0 Å². The van der Waals surface area contributed by atoms with Gasteiger partial charge in [-0.05, 0) is 35.4 Å². The lowest BCUT2D eigenvalue weighted by molar-refractivity contribution is 0.251. The molecular formula is C22H26N4O2. The van der Waals surface area contributed by atoms with Gasteiger partial charge < -0.3 is 19.9 Å². The smallest absolute Gasteiger partial charge is 0.319 e. The summed E-state index contributed by atoms with van der Waals surface area (Å²) in [4.78, 5) is 16.7. The minimum Gasteiger partial charge on any atom is -0.497 e. The van der Waals surface area contributed by atoms with E-state index < -0.39 is 0 Å². The summed E-state index contributed by atoms with van der Waals surface area (Å²) in [7, 11) is 1.63. The number of nitrogens with zero attached hydrogens (tertiary/aromatic N) is 2. The van der Waals surface area contributed by atoms with Crippen LogP contribution in [-0.2, 0) is 13.1 Å². The van der Waals surface area contributed by atoms with Crippen LogP contribution in [-0.4, -0.2) is 22.7 Å². The third kappa shape index (κ3) is 5.13. The molecule has 3 aromatic rings. The quantitative estimate of drug-likeness (QED) is 0.641. The fraction of sp³-hybridized carbons (Fsp3) is 0.273. The molecule has 0 atom stereocenters. The van der Waals surface area contributed by atoms with Crippen molar-refractivity contribution < 1.29 is 9.53 Å². The Morgan fingerprint density at radius 1 is 1.14 bits per heavy atom. The van der Waals surface area contributed by atoms with Crippen LogP contribution in [0.3, 0.4) is 0 Å². The summed E-state index contributed by atoms with van der Waals surface area (Å²) in [6.07, 6.45) is 3.81. The SMILES string of the molecule is COc1cccc(CNC(=O)Nc2cccc(Cn3ccnc3C(C)C)c2)c1. The number of urea groups is 1. The first kappa shape index (κ1) is 19.5. The molecule has 0 aliphatic carbocycles. The monoisotopic (exact) mass is 378 g/mol. The average Bonchev–Trinajstić information content (AvgIpc) is 3.15. The molecule has 28 heavy (non-hydrogen) atoms. The van der Waals surface area contributed by atoms with Gasteiger partial charge >= 0.3 is 6.03 Å². The Morgan fingerprint density at radius 2 is 1.93 bits per heavy atom. The predicted octanol–water partition coefficient (Wildman–Crippen LogP) is 4.39. The van der Waals surface area contributed by atoms with Crippen LogP contribution in [0.25, 0.3) is 0 Å². The van der Waals surface area contributed by atoms with Gasteiger partial charge in [-0.25, -0.2) is 9.78 Å². The Balaban J connectivity index is 1.59. The van der Waals surface area contributed by atoms with Gasteiger partial charge in [0.15, 0.2) is 0 Å². The van der Waals surface area contributed by atoms with Gasteiger partial charge in [-0.2, -0.15) is 0 Å². The largest absolute Gasteiger partial charge is 0.497 e. The summed E-state index contributed by atoms with van der Waals surface area (Å²) in [6, 6.07) is 15.2. The second-order valence-corrected chi connectivity index (χ2v) is 6.93. The van der Waals surface area contributed by atoms with E-state index in [9.17, 15) is 4.79 Å². The Hall–Kier alpha value is -3.28. The highest BCUT2D eigenvalue weighted by Crippen LogP contribution is 2.17. The van der Waals surface area contributed by atoms with Crippen molar-refractivity contribution >= 4 is 11.7 Å².